The predicted octanol–water partition coefficient (Wildman–Crippen LogP) is 7.88. The molecular formula is C39H27ClF4IN3O6. The molecule has 6 atom stereocenters. The third kappa shape index (κ3) is 5.72. The molecule has 2 saturated heterocycles. The maximum absolute atomic E-state index is 15.2. The van der Waals surface area contributed by atoms with Crippen LogP contribution in [-0.2, 0) is 24.6 Å². The Morgan fingerprint density at radius 1 is 0.870 bits per heavy atom. The first-order valence-electron chi connectivity index (χ1n) is 16.8. The summed E-state index contributed by atoms with van der Waals surface area (Å²) in [6.07, 6.45) is -3.48. The molecule has 4 aromatic carbocycles. The number of hydrazine groups is 1. The first-order chi connectivity index (χ1) is 25.7. The van der Waals surface area contributed by atoms with Crippen LogP contribution in [0.1, 0.15) is 29.9 Å². The number of alkyl halides is 3. The standard InChI is InChI=1S/C39H27ClF4IN3O6/c40-20-3-1-19(2-4-20)38-30(35(51)48(37(38)53)46-23-9-5-21(41)6-10-23)18-28-26(33(38)29-17-25(13-16-31(29)49)54-39(42,43)44)14-15-27-32(28)36(52)47(34(27)50)24-11-7-22(45)8-12-24/h1-14,16-17,27-28,30,32-33,46,49H,15,18H2. The first-order valence-corrected chi connectivity index (χ1v) is 18.2. The number of rotatable bonds is 6. The molecule has 9 nitrogen and oxygen atoms in total. The molecule has 4 aromatic rings. The number of allylic oxidation sites excluding steroid dienone is 2. The number of anilines is 2. The number of phenolic OH excluding ortho intramolecular Hbond substituents is 1. The highest BCUT2D eigenvalue weighted by molar-refractivity contribution is 14.1. The normalized spacial score (nSPS) is 26.3. The number of fused-ring (bicyclic) bond motifs is 4. The van der Waals surface area contributed by atoms with Crippen molar-refractivity contribution in [3.63, 3.8) is 0 Å². The Balaban J connectivity index is 1.35. The minimum atomic E-state index is -5.11. The molecule has 6 unspecified atom stereocenters. The fourth-order valence-corrected chi connectivity index (χ4v) is 9.29. The van der Waals surface area contributed by atoms with Gasteiger partial charge < -0.3 is 9.84 Å². The molecule has 2 aliphatic carbocycles. The Labute approximate surface area is 323 Å². The average Bonchev–Trinajstić information content (AvgIpc) is 3.51. The lowest BCUT2D eigenvalue weighted by Crippen LogP contribution is -2.53. The maximum atomic E-state index is 15.2. The van der Waals surface area contributed by atoms with Gasteiger partial charge in [0.2, 0.25) is 11.8 Å². The lowest BCUT2D eigenvalue weighted by molar-refractivity contribution is -0.274. The number of imide groups is 2. The second kappa shape index (κ2) is 13.1. The molecule has 276 valence electrons. The van der Waals surface area contributed by atoms with Gasteiger partial charge in [0, 0.05) is 20.1 Å². The monoisotopic (exact) mass is 871 g/mol. The van der Waals surface area contributed by atoms with Crippen molar-refractivity contribution in [2.75, 3.05) is 10.3 Å². The van der Waals surface area contributed by atoms with Gasteiger partial charge in [0.05, 0.1) is 34.5 Å². The van der Waals surface area contributed by atoms with E-state index < -0.39 is 82.3 Å². The molecule has 2 N–H and O–H groups in total. The summed E-state index contributed by atoms with van der Waals surface area (Å²) in [7, 11) is 0. The zero-order chi connectivity index (χ0) is 38.3. The number of carbonyl (C=O) groups is 4. The van der Waals surface area contributed by atoms with E-state index in [4.69, 9.17) is 11.6 Å². The fraction of sp³-hybridized carbons (Fsp3) is 0.231. The van der Waals surface area contributed by atoms with Gasteiger partial charge in [0.25, 0.3) is 11.8 Å². The number of halogens is 6. The third-order valence-electron chi connectivity index (χ3n) is 10.9. The van der Waals surface area contributed by atoms with Crippen molar-refractivity contribution in [1.82, 2.24) is 5.01 Å². The number of amides is 4. The summed E-state index contributed by atoms with van der Waals surface area (Å²) in [5.41, 5.74) is 1.91. The van der Waals surface area contributed by atoms with E-state index in [2.05, 4.69) is 32.8 Å². The molecule has 54 heavy (non-hydrogen) atoms. The average molecular weight is 872 g/mol. The summed E-state index contributed by atoms with van der Waals surface area (Å²) in [6.45, 7) is 0. The van der Waals surface area contributed by atoms with Gasteiger partial charge in [-0.2, -0.15) is 5.01 Å². The number of carbonyl (C=O) groups excluding carboxylic acids is 4. The summed E-state index contributed by atoms with van der Waals surface area (Å²) in [6, 6.07) is 20.7. The summed E-state index contributed by atoms with van der Waals surface area (Å²) >= 11 is 8.39. The van der Waals surface area contributed by atoms with E-state index in [-0.39, 0.29) is 29.7 Å². The van der Waals surface area contributed by atoms with Crippen LogP contribution in [0, 0.1) is 33.1 Å². The van der Waals surface area contributed by atoms with E-state index in [1.54, 1.807) is 30.3 Å². The Morgan fingerprint density at radius 2 is 1.56 bits per heavy atom. The highest BCUT2D eigenvalue weighted by Gasteiger charge is 2.70. The minimum absolute atomic E-state index is 0.0407. The molecule has 1 saturated carbocycles. The van der Waals surface area contributed by atoms with Crippen LogP contribution in [0.5, 0.6) is 11.5 Å². The molecular weight excluding hydrogens is 845 g/mol. The fourth-order valence-electron chi connectivity index (χ4n) is 8.81. The van der Waals surface area contributed by atoms with Gasteiger partial charge in [-0.15, -0.1) is 13.2 Å². The molecule has 0 bridgehead atoms. The van der Waals surface area contributed by atoms with Gasteiger partial charge in [-0.05, 0) is 126 Å². The number of nitrogens with one attached hydrogen (secondary N) is 1. The van der Waals surface area contributed by atoms with Crippen LogP contribution in [0.15, 0.2) is 103 Å². The molecule has 4 aliphatic rings. The summed E-state index contributed by atoms with van der Waals surface area (Å²) in [4.78, 5) is 59.5. The molecule has 0 spiro atoms. The van der Waals surface area contributed by atoms with Crippen molar-refractivity contribution in [3.05, 3.63) is 128 Å². The Hall–Kier alpha value is -4.96. The zero-order valence-electron chi connectivity index (χ0n) is 27.7. The zero-order valence-corrected chi connectivity index (χ0v) is 30.6. The minimum Gasteiger partial charge on any atom is -0.508 e. The second-order valence-electron chi connectivity index (χ2n) is 13.6. The van der Waals surface area contributed by atoms with Crippen LogP contribution in [-0.4, -0.2) is 40.1 Å². The van der Waals surface area contributed by atoms with E-state index in [1.165, 1.54) is 36.4 Å². The van der Waals surface area contributed by atoms with E-state index in [9.17, 15) is 37.1 Å². The van der Waals surface area contributed by atoms with Crippen molar-refractivity contribution in [2.45, 2.75) is 30.5 Å². The highest BCUT2D eigenvalue weighted by atomic mass is 127. The molecule has 8 rings (SSSR count). The maximum Gasteiger partial charge on any atom is 0.573 e. The van der Waals surface area contributed by atoms with E-state index >= 15 is 4.79 Å². The van der Waals surface area contributed by atoms with Crippen LogP contribution < -0.4 is 15.1 Å². The molecule has 15 heteroatoms. The lowest BCUT2D eigenvalue weighted by atomic mass is 9.49. The molecule has 0 aromatic heterocycles. The summed E-state index contributed by atoms with van der Waals surface area (Å²) < 4.78 is 59.7. The van der Waals surface area contributed by atoms with Crippen molar-refractivity contribution in [1.29, 1.82) is 0 Å². The Bertz CT molecular complexity index is 2250. The molecule has 2 heterocycles. The topological polar surface area (TPSA) is 116 Å². The van der Waals surface area contributed by atoms with E-state index in [0.29, 0.717) is 16.3 Å². The molecule has 2 aliphatic heterocycles. The van der Waals surface area contributed by atoms with Crippen LogP contribution in [0.3, 0.4) is 0 Å². The number of phenols is 1. The first kappa shape index (κ1) is 36.0. The number of aromatic hydroxyl groups is 1. The number of hydrogen-bond donors (Lipinski definition) is 2. The smallest absolute Gasteiger partial charge is 0.508 e. The summed E-state index contributed by atoms with van der Waals surface area (Å²) in [5.74, 6) is -9.59. The van der Waals surface area contributed by atoms with Gasteiger partial charge in [-0.1, -0.05) is 35.4 Å². The SMILES string of the molecule is O=C1C2CC3C(=CCC4C(=O)N(c5ccc(I)cc5)C(=O)C43)C(c3cc(OC(F)(F)F)ccc3O)C2(c2ccc(Cl)cc2)C(=O)N1Nc1ccc(F)cc1. The van der Waals surface area contributed by atoms with Gasteiger partial charge >= 0.3 is 6.36 Å². The largest absolute Gasteiger partial charge is 0.573 e. The van der Waals surface area contributed by atoms with Crippen LogP contribution in [0.4, 0.5) is 28.9 Å². The van der Waals surface area contributed by atoms with E-state index in [0.717, 1.165) is 43.8 Å². The van der Waals surface area contributed by atoms with Crippen LogP contribution in [0.2, 0.25) is 5.02 Å². The third-order valence-corrected chi connectivity index (χ3v) is 11.9. The Kier molecular flexibility index (Phi) is 8.75. The quantitative estimate of drug-likeness (QED) is 0.0878. The number of ether oxygens (including phenoxy) is 1. The predicted molar refractivity (Wildman–Crippen MR) is 195 cm³/mol. The lowest BCUT2D eigenvalue weighted by Gasteiger charge is -2.50. The van der Waals surface area contributed by atoms with Crippen molar-refractivity contribution in [2.24, 2.45) is 23.7 Å². The molecule has 3 fully saturated rings. The van der Waals surface area contributed by atoms with Gasteiger partial charge in [0.1, 0.15) is 17.3 Å². The molecule has 4 amide bonds. The van der Waals surface area contributed by atoms with E-state index in [1.807, 2.05) is 0 Å². The van der Waals surface area contributed by atoms with Crippen molar-refractivity contribution >= 4 is 69.2 Å². The van der Waals surface area contributed by atoms with Crippen molar-refractivity contribution in [3.8, 4) is 11.5 Å². The van der Waals surface area contributed by atoms with Crippen LogP contribution in [0.25, 0.3) is 0 Å². The second-order valence-corrected chi connectivity index (χ2v) is 15.3. The van der Waals surface area contributed by atoms with Crippen molar-refractivity contribution < 1.29 is 46.6 Å². The number of nitrogens with zero attached hydrogens (tertiary/aromatic N) is 2. The number of hydrogen-bond acceptors (Lipinski definition) is 7. The molecule has 0 radical (unpaired) electrons. The number of benzene rings is 4. The van der Waals surface area contributed by atoms with Gasteiger partial charge in [-0.3, -0.25) is 29.5 Å². The van der Waals surface area contributed by atoms with Gasteiger partial charge in [0.15, 0.2) is 0 Å². The Morgan fingerprint density at radius 3 is 2.22 bits per heavy atom. The summed E-state index contributed by atoms with van der Waals surface area (Å²) in [5, 5.41) is 12.6. The van der Waals surface area contributed by atoms with Gasteiger partial charge in [-0.25, -0.2) is 4.39 Å². The highest BCUT2D eigenvalue weighted by Crippen LogP contribution is 2.65. The van der Waals surface area contributed by atoms with Crippen LogP contribution >= 0.6 is 34.2 Å².